The van der Waals surface area contributed by atoms with Crippen LogP contribution in [0.2, 0.25) is 0 Å². The lowest BCUT2D eigenvalue weighted by Crippen LogP contribution is -2.43. The van der Waals surface area contributed by atoms with Gasteiger partial charge >= 0.3 is 18.6 Å². The van der Waals surface area contributed by atoms with E-state index < -0.39 is 47.7 Å². The van der Waals surface area contributed by atoms with E-state index in [0.717, 1.165) is 5.56 Å². The Morgan fingerprint density at radius 2 is 1.76 bits per heavy atom. The van der Waals surface area contributed by atoms with Crippen LogP contribution in [0.3, 0.4) is 0 Å². The largest absolute Gasteiger partial charge is 0.481 e. The van der Waals surface area contributed by atoms with E-state index in [-0.39, 0.29) is 12.3 Å². The maximum atomic E-state index is 13.9. The normalized spacial score (nSPS) is 12.0. The molecule has 0 bridgehead atoms. The smallest absolute Gasteiger partial charge is 0.387 e. The number of nitrogens with zero attached hydrogens (tertiary/aromatic N) is 1. The van der Waals surface area contributed by atoms with Gasteiger partial charge < -0.3 is 15.2 Å². The average Bonchev–Trinajstić information content (AvgIpc) is 2.76. The summed E-state index contributed by atoms with van der Waals surface area (Å²) < 4.78 is 57.4. The van der Waals surface area contributed by atoms with Crippen molar-refractivity contribution in [1.82, 2.24) is 0 Å². The van der Waals surface area contributed by atoms with Crippen molar-refractivity contribution in [2.75, 3.05) is 10.2 Å². The molecule has 1 atom stereocenters. The zero-order valence-corrected chi connectivity index (χ0v) is 19.2. The van der Waals surface area contributed by atoms with Gasteiger partial charge in [-0.2, -0.15) is 8.78 Å². The fraction of sp³-hybridized carbons (Fsp3) is 0.417. The number of halogens is 4. The first kappa shape index (κ1) is 26.9. The van der Waals surface area contributed by atoms with Crippen molar-refractivity contribution < 1.29 is 37.0 Å². The SMILES string of the molecule is CCC(CCCC(=O)O)N(C(=O)Nc1cc(F)c(F)cc1OC(F)F)c1ccccc1C(C)C. The fourth-order valence-corrected chi connectivity index (χ4v) is 3.67. The molecule has 2 aromatic rings. The minimum absolute atomic E-state index is 0.0176. The van der Waals surface area contributed by atoms with Crippen LogP contribution in [0.5, 0.6) is 5.75 Å². The number of hydrogen-bond donors (Lipinski definition) is 2. The number of para-hydroxylation sites is 1. The number of benzene rings is 2. The van der Waals surface area contributed by atoms with Gasteiger partial charge in [0.25, 0.3) is 0 Å². The Labute approximate surface area is 195 Å². The van der Waals surface area contributed by atoms with Gasteiger partial charge in [0.2, 0.25) is 0 Å². The monoisotopic (exact) mass is 484 g/mol. The zero-order chi connectivity index (χ0) is 25.4. The summed E-state index contributed by atoms with van der Waals surface area (Å²) in [5, 5.41) is 11.4. The van der Waals surface area contributed by atoms with E-state index in [1.54, 1.807) is 12.1 Å². The van der Waals surface area contributed by atoms with Crippen molar-refractivity contribution in [1.29, 1.82) is 0 Å². The van der Waals surface area contributed by atoms with Crippen molar-refractivity contribution in [2.24, 2.45) is 0 Å². The number of carboxylic acids is 1. The molecule has 0 saturated heterocycles. The average molecular weight is 484 g/mol. The molecule has 0 aromatic heterocycles. The molecule has 186 valence electrons. The van der Waals surface area contributed by atoms with E-state index in [0.29, 0.717) is 37.1 Å². The summed E-state index contributed by atoms with van der Waals surface area (Å²) in [6.45, 7) is 2.37. The maximum Gasteiger partial charge on any atom is 0.387 e. The number of alkyl halides is 2. The van der Waals surface area contributed by atoms with Crippen LogP contribution in [-0.2, 0) is 4.79 Å². The molecule has 0 aliphatic carbocycles. The highest BCUT2D eigenvalue weighted by Gasteiger charge is 2.28. The molecule has 0 aliphatic rings. The van der Waals surface area contributed by atoms with Gasteiger partial charge in [-0.1, -0.05) is 39.0 Å². The number of carboxylic acid groups (broad SMARTS) is 1. The maximum absolute atomic E-state index is 13.9. The van der Waals surface area contributed by atoms with Crippen molar-refractivity contribution >= 4 is 23.4 Å². The molecule has 0 aliphatic heterocycles. The predicted molar refractivity (Wildman–Crippen MR) is 121 cm³/mol. The van der Waals surface area contributed by atoms with Crippen molar-refractivity contribution in [3.63, 3.8) is 0 Å². The van der Waals surface area contributed by atoms with E-state index in [1.807, 2.05) is 32.9 Å². The first-order valence-electron chi connectivity index (χ1n) is 10.9. The lowest BCUT2D eigenvalue weighted by molar-refractivity contribution is -0.137. The van der Waals surface area contributed by atoms with E-state index in [1.165, 1.54) is 4.90 Å². The van der Waals surface area contributed by atoms with Gasteiger partial charge in [0.15, 0.2) is 17.4 Å². The van der Waals surface area contributed by atoms with Crippen molar-refractivity contribution in [2.45, 2.75) is 65.0 Å². The number of aliphatic carboxylic acids is 1. The van der Waals surface area contributed by atoms with Gasteiger partial charge in [-0.3, -0.25) is 9.69 Å². The molecule has 6 nitrogen and oxygen atoms in total. The molecule has 1 unspecified atom stereocenters. The van der Waals surface area contributed by atoms with E-state index >= 15 is 0 Å². The summed E-state index contributed by atoms with van der Waals surface area (Å²) in [6, 6.07) is 6.88. The number of urea groups is 1. The molecule has 0 radical (unpaired) electrons. The summed E-state index contributed by atoms with van der Waals surface area (Å²) in [4.78, 5) is 25.8. The number of nitrogens with one attached hydrogen (secondary N) is 1. The number of hydrogen-bond acceptors (Lipinski definition) is 3. The molecule has 0 spiro atoms. The quantitative estimate of drug-likeness (QED) is 0.345. The predicted octanol–water partition coefficient (Wildman–Crippen LogP) is 6.76. The Morgan fingerprint density at radius 3 is 2.35 bits per heavy atom. The van der Waals surface area contributed by atoms with Gasteiger partial charge in [-0.25, -0.2) is 13.6 Å². The highest BCUT2D eigenvalue weighted by atomic mass is 19.3. The molecule has 0 heterocycles. The van der Waals surface area contributed by atoms with Crippen LogP contribution < -0.4 is 15.0 Å². The number of carbonyl (C=O) groups excluding carboxylic acids is 1. The van der Waals surface area contributed by atoms with Gasteiger partial charge in [0, 0.05) is 30.3 Å². The highest BCUT2D eigenvalue weighted by molar-refractivity contribution is 6.03. The Kier molecular flexibility index (Phi) is 9.70. The third-order valence-electron chi connectivity index (χ3n) is 5.28. The number of carbonyl (C=O) groups is 2. The Morgan fingerprint density at radius 1 is 1.12 bits per heavy atom. The standard InChI is InChI=1S/C24H28F4N2O4/c1-4-15(8-7-11-22(31)32)30(20-10-6-5-9-16(20)14(2)3)24(33)29-19-12-17(25)18(26)13-21(19)34-23(27)28/h5-6,9-10,12-15,23H,4,7-8,11H2,1-3H3,(H,29,33)(H,31,32). The van der Waals surface area contributed by atoms with Crippen LogP contribution in [0, 0.1) is 11.6 Å². The third kappa shape index (κ3) is 7.10. The molecular formula is C24H28F4N2O4. The molecule has 0 saturated carbocycles. The zero-order valence-electron chi connectivity index (χ0n) is 19.2. The Hall–Kier alpha value is -3.30. The number of rotatable bonds is 11. The van der Waals surface area contributed by atoms with Crippen LogP contribution in [0.25, 0.3) is 0 Å². The van der Waals surface area contributed by atoms with Crippen LogP contribution in [-0.4, -0.2) is 29.8 Å². The summed E-state index contributed by atoms with van der Waals surface area (Å²) >= 11 is 0. The van der Waals surface area contributed by atoms with Gasteiger partial charge in [-0.15, -0.1) is 0 Å². The van der Waals surface area contributed by atoms with E-state index in [9.17, 15) is 27.2 Å². The fourth-order valence-electron chi connectivity index (χ4n) is 3.67. The molecule has 2 amide bonds. The van der Waals surface area contributed by atoms with Gasteiger partial charge in [0.05, 0.1) is 5.69 Å². The molecule has 0 fully saturated rings. The molecule has 2 rings (SSSR count). The van der Waals surface area contributed by atoms with Crippen molar-refractivity contribution in [3.05, 3.63) is 53.6 Å². The minimum Gasteiger partial charge on any atom is -0.481 e. The summed E-state index contributed by atoms with van der Waals surface area (Å²) in [5.41, 5.74) is 0.899. The minimum atomic E-state index is -3.32. The highest BCUT2D eigenvalue weighted by Crippen LogP contribution is 2.34. The molecule has 10 heteroatoms. The summed E-state index contributed by atoms with van der Waals surface area (Å²) in [7, 11) is 0. The van der Waals surface area contributed by atoms with Gasteiger partial charge in [-0.05, 0) is 36.8 Å². The lowest BCUT2D eigenvalue weighted by atomic mass is 9.98. The molecule has 2 aromatic carbocycles. The van der Waals surface area contributed by atoms with Crippen LogP contribution in [0.1, 0.15) is 57.9 Å². The summed E-state index contributed by atoms with van der Waals surface area (Å²) in [5.74, 6) is -4.43. The Bertz CT molecular complexity index is 1000. The second kappa shape index (κ2) is 12.2. The first-order valence-corrected chi connectivity index (χ1v) is 10.9. The summed E-state index contributed by atoms with van der Waals surface area (Å²) in [6.07, 6.45) is 1.01. The molecule has 2 N–H and O–H groups in total. The topological polar surface area (TPSA) is 78.9 Å². The van der Waals surface area contributed by atoms with Gasteiger partial charge in [0.1, 0.15) is 0 Å². The molecular weight excluding hydrogens is 456 g/mol. The third-order valence-corrected chi connectivity index (χ3v) is 5.28. The van der Waals surface area contributed by atoms with Crippen LogP contribution in [0.15, 0.2) is 36.4 Å². The number of anilines is 2. The van der Waals surface area contributed by atoms with E-state index in [2.05, 4.69) is 10.1 Å². The first-order chi connectivity index (χ1) is 16.0. The van der Waals surface area contributed by atoms with E-state index in [4.69, 9.17) is 5.11 Å². The van der Waals surface area contributed by atoms with Crippen molar-refractivity contribution in [3.8, 4) is 5.75 Å². The Balaban J connectivity index is 2.50. The lowest BCUT2D eigenvalue weighted by Gasteiger charge is -2.34. The molecule has 34 heavy (non-hydrogen) atoms. The second-order valence-corrected chi connectivity index (χ2v) is 8.00. The van der Waals surface area contributed by atoms with Crippen LogP contribution in [0.4, 0.5) is 33.7 Å². The second-order valence-electron chi connectivity index (χ2n) is 8.00. The number of amides is 2. The number of ether oxygens (including phenoxy) is 1. The van der Waals surface area contributed by atoms with Crippen LogP contribution >= 0.6 is 0 Å².